The highest BCUT2D eigenvalue weighted by Crippen LogP contribution is 2.68. The summed E-state index contributed by atoms with van der Waals surface area (Å²) in [7, 11) is 0. The molecule has 2 aromatic heterocycles. The molecule has 3 fully saturated rings. The second-order valence-electron chi connectivity index (χ2n) is 9.32. The van der Waals surface area contributed by atoms with Gasteiger partial charge in [-0.05, 0) is 54.7 Å². The standard InChI is InChI=1S/C24H20N2O3S3/c1-10-4-6-11(7-5-10)26-22(27)16-12-9-13(17(16)23(26)28)19-15(12)18(14-3-2-8-30-14)20-21(31-19)25-24(29)32-20/h2-8,12-13,15-19H,9H2,1H3,(H,25,29)/t12-,13-,15-,16+,17-,18+,19+/m1/s1. The van der Waals surface area contributed by atoms with Crippen LogP contribution in [0, 0.1) is 36.5 Å². The molecule has 2 aliphatic carbocycles. The number of rotatable bonds is 2. The predicted molar refractivity (Wildman–Crippen MR) is 126 cm³/mol. The molecule has 162 valence electrons. The Morgan fingerprint density at radius 1 is 1.00 bits per heavy atom. The van der Waals surface area contributed by atoms with E-state index in [0.29, 0.717) is 5.69 Å². The molecular formula is C24H20N2O3S3. The summed E-state index contributed by atoms with van der Waals surface area (Å²) >= 11 is 4.77. The van der Waals surface area contributed by atoms with Crippen molar-refractivity contribution < 1.29 is 9.59 Å². The Balaban J connectivity index is 1.32. The SMILES string of the molecule is Cc1ccc(N2C(=O)[C@@H]3[C@H]4C[C@@H]([C@@H]3C2=O)[C@@H]2[C@H](c3cccs3)c3sc(=O)[nH]c3S[C@@H]42)cc1. The van der Waals surface area contributed by atoms with Crippen molar-refractivity contribution in [1.82, 2.24) is 4.98 Å². The fourth-order valence-corrected chi connectivity index (χ4v) is 10.6. The third-order valence-electron chi connectivity index (χ3n) is 7.87. The van der Waals surface area contributed by atoms with Crippen LogP contribution < -0.4 is 9.77 Å². The molecule has 4 heterocycles. The van der Waals surface area contributed by atoms with Gasteiger partial charge in [0.05, 0.1) is 22.5 Å². The van der Waals surface area contributed by atoms with E-state index in [0.717, 1.165) is 21.9 Å². The van der Waals surface area contributed by atoms with E-state index in [1.807, 2.05) is 31.2 Å². The molecule has 32 heavy (non-hydrogen) atoms. The lowest BCUT2D eigenvalue weighted by Gasteiger charge is -2.42. The number of hydrogen-bond donors (Lipinski definition) is 1. The number of thiazole rings is 1. The normalized spacial score (nSPS) is 34.7. The molecule has 4 aliphatic rings. The van der Waals surface area contributed by atoms with Gasteiger partial charge in [-0.15, -0.1) is 23.1 Å². The summed E-state index contributed by atoms with van der Waals surface area (Å²) in [6.07, 6.45) is 0.929. The van der Waals surface area contributed by atoms with E-state index < -0.39 is 0 Å². The topological polar surface area (TPSA) is 70.2 Å². The van der Waals surface area contributed by atoms with E-state index in [9.17, 15) is 14.4 Å². The number of aromatic amines is 1. The highest BCUT2D eigenvalue weighted by Gasteiger charge is 2.69. The van der Waals surface area contributed by atoms with E-state index in [2.05, 4.69) is 22.5 Å². The lowest BCUT2D eigenvalue weighted by molar-refractivity contribution is -0.123. The van der Waals surface area contributed by atoms with Crippen molar-refractivity contribution in [2.45, 2.75) is 29.5 Å². The number of amides is 2. The van der Waals surface area contributed by atoms with Gasteiger partial charge in [0.1, 0.15) is 0 Å². The van der Waals surface area contributed by atoms with Crippen molar-refractivity contribution >= 4 is 51.9 Å². The second kappa shape index (κ2) is 6.68. The average Bonchev–Trinajstić information content (AvgIpc) is 3.57. The van der Waals surface area contributed by atoms with E-state index in [4.69, 9.17) is 0 Å². The van der Waals surface area contributed by atoms with Crippen LogP contribution in [0.5, 0.6) is 0 Å². The molecule has 0 unspecified atom stereocenters. The van der Waals surface area contributed by atoms with Crippen molar-refractivity contribution in [2.75, 3.05) is 4.90 Å². The van der Waals surface area contributed by atoms with Gasteiger partial charge in [0.25, 0.3) is 0 Å². The third-order valence-corrected chi connectivity index (χ3v) is 11.4. The summed E-state index contributed by atoms with van der Waals surface area (Å²) in [5, 5.41) is 3.30. The number of thioether (sulfide) groups is 1. The first-order valence-electron chi connectivity index (χ1n) is 10.9. The van der Waals surface area contributed by atoms with Crippen molar-refractivity contribution in [3.05, 3.63) is 66.8 Å². The number of fused-ring (bicyclic) bond motifs is 9. The Morgan fingerprint density at radius 3 is 2.47 bits per heavy atom. The van der Waals surface area contributed by atoms with Crippen molar-refractivity contribution in [3.8, 4) is 0 Å². The Bertz CT molecular complexity index is 1310. The van der Waals surface area contributed by atoms with Crippen LogP contribution in [0.3, 0.4) is 0 Å². The number of benzene rings is 1. The first-order valence-corrected chi connectivity index (χ1v) is 13.5. The zero-order chi connectivity index (χ0) is 21.7. The highest BCUT2D eigenvalue weighted by atomic mass is 32.2. The maximum Gasteiger partial charge on any atom is 0.305 e. The van der Waals surface area contributed by atoms with Gasteiger partial charge in [-0.2, -0.15) is 0 Å². The number of hydrogen-bond acceptors (Lipinski definition) is 6. The first-order chi connectivity index (χ1) is 15.5. The van der Waals surface area contributed by atoms with Crippen LogP contribution in [0.4, 0.5) is 5.69 Å². The van der Waals surface area contributed by atoms with Crippen LogP contribution in [0.25, 0.3) is 0 Å². The molecule has 7 rings (SSSR count). The van der Waals surface area contributed by atoms with Gasteiger partial charge in [0.2, 0.25) is 11.8 Å². The molecule has 2 amide bonds. The summed E-state index contributed by atoms with van der Waals surface area (Å²) in [6.45, 7) is 2.00. The van der Waals surface area contributed by atoms with Gasteiger partial charge < -0.3 is 4.98 Å². The van der Waals surface area contributed by atoms with Gasteiger partial charge in [0, 0.05) is 20.9 Å². The largest absolute Gasteiger partial charge is 0.307 e. The van der Waals surface area contributed by atoms with Crippen molar-refractivity contribution in [3.63, 3.8) is 0 Å². The number of H-pyrrole nitrogens is 1. The lowest BCUT2D eigenvalue weighted by Crippen LogP contribution is -2.42. The lowest BCUT2D eigenvalue weighted by atomic mass is 9.69. The quantitative estimate of drug-likeness (QED) is 0.549. The number of nitrogens with one attached hydrogen (secondary N) is 1. The van der Waals surface area contributed by atoms with Gasteiger partial charge in [-0.3, -0.25) is 19.3 Å². The van der Waals surface area contributed by atoms with Crippen molar-refractivity contribution in [2.24, 2.45) is 29.6 Å². The molecule has 2 saturated carbocycles. The number of aromatic nitrogens is 1. The van der Waals surface area contributed by atoms with Crippen LogP contribution >= 0.6 is 34.4 Å². The number of nitrogens with zero attached hydrogens (tertiary/aromatic N) is 1. The first kappa shape index (κ1) is 19.3. The van der Waals surface area contributed by atoms with Crippen LogP contribution in [-0.4, -0.2) is 22.0 Å². The average molecular weight is 481 g/mol. The molecular weight excluding hydrogens is 460 g/mol. The summed E-state index contributed by atoms with van der Waals surface area (Å²) < 4.78 is 0. The molecule has 2 bridgehead atoms. The molecule has 8 heteroatoms. The monoisotopic (exact) mass is 480 g/mol. The molecule has 0 radical (unpaired) electrons. The van der Waals surface area contributed by atoms with E-state index in [1.54, 1.807) is 23.1 Å². The number of carbonyl (C=O) groups excluding carboxylic acids is 2. The third kappa shape index (κ3) is 2.43. The number of imide groups is 1. The van der Waals surface area contributed by atoms with Crippen LogP contribution in [0.1, 0.15) is 27.7 Å². The van der Waals surface area contributed by atoms with E-state index in [-0.39, 0.29) is 57.4 Å². The molecule has 5 nitrogen and oxygen atoms in total. The van der Waals surface area contributed by atoms with E-state index >= 15 is 0 Å². The van der Waals surface area contributed by atoms with Crippen LogP contribution in [0.2, 0.25) is 0 Å². The van der Waals surface area contributed by atoms with Crippen LogP contribution in [0.15, 0.2) is 51.6 Å². The Kier molecular flexibility index (Phi) is 4.03. The van der Waals surface area contributed by atoms with Crippen molar-refractivity contribution in [1.29, 1.82) is 0 Å². The maximum absolute atomic E-state index is 13.6. The molecule has 1 saturated heterocycles. The summed E-state index contributed by atoms with van der Waals surface area (Å²) in [4.78, 5) is 46.3. The molecule has 3 aromatic rings. The summed E-state index contributed by atoms with van der Waals surface area (Å²) in [5.74, 6) is 0.211. The predicted octanol–water partition coefficient (Wildman–Crippen LogP) is 4.48. The highest BCUT2D eigenvalue weighted by molar-refractivity contribution is 8.00. The molecule has 1 N–H and O–H groups in total. The Labute approximate surface area is 196 Å². The fraction of sp³-hybridized carbons (Fsp3) is 0.375. The maximum atomic E-state index is 13.6. The minimum atomic E-state index is -0.240. The number of thiophene rings is 1. The Hall–Kier alpha value is -2.16. The number of carbonyl (C=O) groups is 2. The molecule has 7 atom stereocenters. The zero-order valence-electron chi connectivity index (χ0n) is 17.2. The van der Waals surface area contributed by atoms with Gasteiger partial charge >= 0.3 is 4.87 Å². The minimum Gasteiger partial charge on any atom is -0.307 e. The Morgan fingerprint density at radius 2 is 1.75 bits per heavy atom. The minimum absolute atomic E-state index is 0.0192. The van der Waals surface area contributed by atoms with Gasteiger partial charge in [-0.25, -0.2) is 0 Å². The van der Waals surface area contributed by atoms with Gasteiger partial charge in [0.15, 0.2) is 0 Å². The summed E-state index contributed by atoms with van der Waals surface area (Å²) in [6, 6.07) is 11.9. The van der Waals surface area contributed by atoms with Crippen LogP contribution in [-0.2, 0) is 9.59 Å². The zero-order valence-corrected chi connectivity index (χ0v) is 19.6. The second-order valence-corrected chi connectivity index (χ2v) is 12.5. The smallest absolute Gasteiger partial charge is 0.305 e. The number of anilines is 1. The summed E-state index contributed by atoms with van der Waals surface area (Å²) in [5.41, 5.74) is 1.79. The molecule has 2 aliphatic heterocycles. The number of aryl methyl sites for hydroxylation is 1. The molecule has 1 aromatic carbocycles. The van der Waals surface area contributed by atoms with E-state index in [1.165, 1.54) is 21.1 Å². The van der Waals surface area contributed by atoms with Gasteiger partial charge in [-0.1, -0.05) is 35.1 Å². The fourth-order valence-electron chi connectivity index (χ4n) is 6.75. The molecule has 0 spiro atoms.